The number of carboxylic acid groups (broad SMARTS) is 1. The summed E-state index contributed by atoms with van der Waals surface area (Å²) in [6.45, 7) is 3.55. The summed E-state index contributed by atoms with van der Waals surface area (Å²) in [5.41, 5.74) is 0.983. The number of benzene rings is 1. The summed E-state index contributed by atoms with van der Waals surface area (Å²) >= 11 is 0. The van der Waals surface area contributed by atoms with Gasteiger partial charge in [0.1, 0.15) is 0 Å². The van der Waals surface area contributed by atoms with Crippen molar-refractivity contribution in [3.8, 4) is 0 Å². The Morgan fingerprint density at radius 1 is 1.27 bits per heavy atom. The SMILES string of the molecule is O=C(c1cn[nH]c1)N1CCOC2(CCN(Cc3ccc(F)c(F)c3)CC2)C1.O=CO. The molecule has 2 aromatic rings. The van der Waals surface area contributed by atoms with Crippen molar-refractivity contribution in [2.24, 2.45) is 0 Å². The predicted octanol–water partition coefficient (Wildman–Crippen LogP) is 1.90. The quantitative estimate of drug-likeness (QED) is 0.733. The molecule has 3 heterocycles. The number of ether oxygens (including phenoxy) is 1. The first kappa shape index (κ1) is 21.8. The van der Waals surface area contributed by atoms with E-state index in [1.807, 2.05) is 4.90 Å². The van der Waals surface area contributed by atoms with Gasteiger partial charge in [0.15, 0.2) is 11.6 Å². The third-order valence-corrected chi connectivity index (χ3v) is 5.44. The van der Waals surface area contributed by atoms with Crippen molar-refractivity contribution in [1.29, 1.82) is 0 Å². The van der Waals surface area contributed by atoms with Crippen LogP contribution in [0.3, 0.4) is 0 Å². The number of piperidine rings is 1. The third-order valence-electron chi connectivity index (χ3n) is 5.44. The number of hydrogen-bond acceptors (Lipinski definition) is 5. The van der Waals surface area contributed by atoms with Gasteiger partial charge in [0.05, 0.1) is 30.5 Å². The van der Waals surface area contributed by atoms with E-state index in [4.69, 9.17) is 14.6 Å². The van der Waals surface area contributed by atoms with Gasteiger partial charge in [-0.1, -0.05) is 6.07 Å². The zero-order chi connectivity index (χ0) is 21.6. The Hall–Kier alpha value is -2.85. The predicted molar refractivity (Wildman–Crippen MR) is 103 cm³/mol. The summed E-state index contributed by atoms with van der Waals surface area (Å²) in [5, 5.41) is 13.4. The Bertz CT molecular complexity index is 854. The number of aromatic amines is 1. The number of morpholine rings is 1. The average Bonchev–Trinajstić information content (AvgIpc) is 3.28. The van der Waals surface area contributed by atoms with Gasteiger partial charge in [-0.2, -0.15) is 5.10 Å². The summed E-state index contributed by atoms with van der Waals surface area (Å²) in [5.74, 6) is -1.67. The number of rotatable bonds is 3. The molecule has 1 spiro atoms. The monoisotopic (exact) mass is 422 g/mol. The Kier molecular flexibility index (Phi) is 7.11. The molecule has 162 valence electrons. The molecule has 10 heteroatoms. The molecular weight excluding hydrogens is 398 g/mol. The number of aromatic nitrogens is 2. The van der Waals surface area contributed by atoms with Gasteiger partial charge < -0.3 is 14.7 Å². The van der Waals surface area contributed by atoms with E-state index in [-0.39, 0.29) is 18.0 Å². The average molecular weight is 422 g/mol. The van der Waals surface area contributed by atoms with Crippen LogP contribution in [0.4, 0.5) is 8.78 Å². The number of amides is 1. The maximum Gasteiger partial charge on any atom is 0.290 e. The van der Waals surface area contributed by atoms with Crippen molar-refractivity contribution in [3.63, 3.8) is 0 Å². The highest BCUT2D eigenvalue weighted by atomic mass is 19.2. The summed E-state index contributed by atoms with van der Waals surface area (Å²) in [7, 11) is 0. The lowest BCUT2D eigenvalue weighted by Gasteiger charge is -2.47. The van der Waals surface area contributed by atoms with E-state index < -0.39 is 11.6 Å². The second-order valence-electron chi connectivity index (χ2n) is 7.38. The molecule has 4 rings (SSSR count). The first-order valence-corrected chi connectivity index (χ1v) is 9.62. The summed E-state index contributed by atoms with van der Waals surface area (Å²) < 4.78 is 32.6. The number of likely N-dealkylation sites (tertiary alicyclic amines) is 1. The molecule has 2 aliphatic heterocycles. The number of nitrogens with one attached hydrogen (secondary N) is 1. The number of nitrogens with zero attached hydrogens (tertiary/aromatic N) is 3. The minimum atomic E-state index is -0.825. The lowest BCUT2D eigenvalue weighted by molar-refractivity contribution is -0.127. The molecule has 0 saturated carbocycles. The Balaban J connectivity index is 0.000000806. The van der Waals surface area contributed by atoms with E-state index in [9.17, 15) is 13.6 Å². The summed E-state index contributed by atoms with van der Waals surface area (Å²) in [4.78, 5) is 25.0. The minimum absolute atomic E-state index is 0.0318. The van der Waals surface area contributed by atoms with Crippen LogP contribution in [-0.4, -0.2) is 75.9 Å². The van der Waals surface area contributed by atoms with Gasteiger partial charge in [-0.3, -0.25) is 19.6 Å². The van der Waals surface area contributed by atoms with E-state index in [1.165, 1.54) is 18.3 Å². The zero-order valence-electron chi connectivity index (χ0n) is 16.4. The van der Waals surface area contributed by atoms with Gasteiger partial charge in [0.25, 0.3) is 12.4 Å². The van der Waals surface area contributed by atoms with E-state index >= 15 is 0 Å². The molecule has 30 heavy (non-hydrogen) atoms. The molecule has 0 bridgehead atoms. The van der Waals surface area contributed by atoms with E-state index in [1.54, 1.807) is 12.3 Å². The van der Waals surface area contributed by atoms with Gasteiger partial charge in [-0.25, -0.2) is 8.78 Å². The second kappa shape index (κ2) is 9.77. The number of halogens is 2. The highest BCUT2D eigenvalue weighted by molar-refractivity contribution is 5.93. The van der Waals surface area contributed by atoms with Gasteiger partial charge in [0, 0.05) is 32.4 Å². The first-order chi connectivity index (χ1) is 14.5. The van der Waals surface area contributed by atoms with Gasteiger partial charge >= 0.3 is 0 Å². The Morgan fingerprint density at radius 2 is 2.00 bits per heavy atom. The van der Waals surface area contributed by atoms with Crippen LogP contribution in [0.1, 0.15) is 28.8 Å². The molecule has 2 aliphatic rings. The van der Waals surface area contributed by atoms with Gasteiger partial charge in [0.2, 0.25) is 0 Å². The lowest BCUT2D eigenvalue weighted by Crippen LogP contribution is -2.57. The molecule has 0 atom stereocenters. The Morgan fingerprint density at radius 3 is 2.63 bits per heavy atom. The van der Waals surface area contributed by atoms with Crippen LogP contribution >= 0.6 is 0 Å². The molecule has 2 saturated heterocycles. The van der Waals surface area contributed by atoms with Crippen molar-refractivity contribution in [3.05, 3.63) is 53.4 Å². The standard InChI is InChI=1S/C19H22F2N4O2.CH2O2/c20-16-2-1-14(9-17(16)21)12-24-5-3-19(4-6-24)13-25(7-8-27-19)18(26)15-10-22-23-11-15;2-1-3/h1-2,9-11H,3-8,12-13H2,(H,22,23);1H,(H,2,3). The fourth-order valence-electron chi connectivity index (χ4n) is 3.89. The van der Waals surface area contributed by atoms with Crippen LogP contribution in [-0.2, 0) is 16.1 Å². The fourth-order valence-corrected chi connectivity index (χ4v) is 3.89. The van der Waals surface area contributed by atoms with Crippen LogP contribution in [0, 0.1) is 11.6 Å². The first-order valence-electron chi connectivity index (χ1n) is 9.62. The van der Waals surface area contributed by atoms with E-state index in [2.05, 4.69) is 15.1 Å². The molecule has 0 unspecified atom stereocenters. The number of carbonyl (C=O) groups excluding carboxylic acids is 1. The van der Waals surface area contributed by atoms with Crippen LogP contribution < -0.4 is 0 Å². The minimum Gasteiger partial charge on any atom is -0.483 e. The van der Waals surface area contributed by atoms with Crippen molar-refractivity contribution >= 4 is 12.4 Å². The Labute approximate surface area is 172 Å². The van der Waals surface area contributed by atoms with Crippen LogP contribution in [0.15, 0.2) is 30.6 Å². The molecule has 2 N–H and O–H groups in total. The van der Waals surface area contributed by atoms with Crippen molar-refractivity contribution < 1.29 is 28.2 Å². The van der Waals surface area contributed by atoms with Gasteiger partial charge in [-0.15, -0.1) is 0 Å². The third kappa shape index (κ3) is 5.19. The molecule has 1 aromatic carbocycles. The highest BCUT2D eigenvalue weighted by Gasteiger charge is 2.41. The van der Waals surface area contributed by atoms with Crippen molar-refractivity contribution in [2.45, 2.75) is 25.0 Å². The van der Waals surface area contributed by atoms with Crippen LogP contribution in [0.25, 0.3) is 0 Å². The van der Waals surface area contributed by atoms with Gasteiger partial charge in [-0.05, 0) is 30.5 Å². The van der Waals surface area contributed by atoms with Crippen molar-refractivity contribution in [2.75, 3.05) is 32.8 Å². The summed E-state index contributed by atoms with van der Waals surface area (Å²) in [6, 6.07) is 4.03. The summed E-state index contributed by atoms with van der Waals surface area (Å²) in [6.07, 6.45) is 4.74. The molecule has 0 radical (unpaired) electrons. The molecule has 0 aliphatic carbocycles. The second-order valence-corrected chi connectivity index (χ2v) is 7.38. The molecule has 1 aromatic heterocycles. The van der Waals surface area contributed by atoms with E-state index in [0.29, 0.717) is 31.8 Å². The topological polar surface area (TPSA) is 98.8 Å². The molecule has 8 nitrogen and oxygen atoms in total. The smallest absolute Gasteiger partial charge is 0.290 e. The normalized spacial score (nSPS) is 18.5. The highest BCUT2D eigenvalue weighted by Crippen LogP contribution is 2.31. The van der Waals surface area contributed by atoms with E-state index in [0.717, 1.165) is 31.5 Å². The molecule has 2 fully saturated rings. The number of hydrogen-bond donors (Lipinski definition) is 2. The maximum absolute atomic E-state index is 13.4. The molecular formula is C20H24F2N4O4. The molecule has 1 amide bonds. The van der Waals surface area contributed by atoms with Crippen molar-refractivity contribution in [1.82, 2.24) is 20.0 Å². The van der Waals surface area contributed by atoms with Crippen LogP contribution in [0.5, 0.6) is 0 Å². The van der Waals surface area contributed by atoms with Crippen LogP contribution in [0.2, 0.25) is 0 Å². The number of carbonyl (C=O) groups is 2. The lowest BCUT2D eigenvalue weighted by atomic mass is 9.89. The largest absolute Gasteiger partial charge is 0.483 e. The number of H-pyrrole nitrogens is 1. The zero-order valence-corrected chi connectivity index (χ0v) is 16.4. The fraction of sp³-hybridized carbons (Fsp3) is 0.450. The maximum atomic E-state index is 13.4.